The van der Waals surface area contributed by atoms with Gasteiger partial charge in [0.05, 0.1) is 20.2 Å². The fraction of sp³-hybridized carbons (Fsp3) is 0.333. The number of carbonyl (C=O) groups is 2. The van der Waals surface area contributed by atoms with E-state index < -0.39 is 11.9 Å². The molecule has 7 heteroatoms. The smallest absolute Gasteiger partial charge is 0.317 e. The van der Waals surface area contributed by atoms with E-state index in [-0.39, 0.29) is 19.6 Å². The summed E-state index contributed by atoms with van der Waals surface area (Å²) >= 11 is 5.89. The van der Waals surface area contributed by atoms with Crippen molar-refractivity contribution in [3.63, 3.8) is 0 Å². The van der Waals surface area contributed by atoms with Gasteiger partial charge in [-0.3, -0.25) is 14.5 Å². The normalized spacial score (nSPS) is 10.5. The molecule has 0 spiro atoms. The van der Waals surface area contributed by atoms with Crippen molar-refractivity contribution in [3.05, 3.63) is 28.8 Å². The number of carboxylic acid groups (broad SMARTS) is 1. The Morgan fingerprint density at radius 3 is 2.63 bits per heavy atom. The molecular weight excluding hydrogens is 272 g/mol. The maximum Gasteiger partial charge on any atom is 0.317 e. The van der Waals surface area contributed by atoms with E-state index in [2.05, 4.69) is 0 Å². The average Bonchev–Trinajstić information content (AvgIpc) is 2.27. The Morgan fingerprint density at radius 2 is 2.11 bits per heavy atom. The molecule has 0 saturated heterocycles. The second-order valence-electron chi connectivity index (χ2n) is 3.96. The summed E-state index contributed by atoms with van der Waals surface area (Å²) in [4.78, 5) is 23.1. The molecule has 104 valence electrons. The van der Waals surface area contributed by atoms with Crippen LogP contribution in [0.15, 0.2) is 18.2 Å². The number of benzene rings is 1. The maximum absolute atomic E-state index is 10.9. The third kappa shape index (κ3) is 5.15. The summed E-state index contributed by atoms with van der Waals surface area (Å²) in [6.45, 7) is -0.237. The molecule has 0 atom stereocenters. The largest absolute Gasteiger partial charge is 0.496 e. The number of hydrogen-bond acceptors (Lipinski definition) is 4. The van der Waals surface area contributed by atoms with Crippen LogP contribution in [0, 0.1) is 0 Å². The van der Waals surface area contributed by atoms with Gasteiger partial charge in [-0.2, -0.15) is 0 Å². The molecule has 1 aromatic carbocycles. The standard InChI is InChI=1S/C12H15ClN2O4/c1-19-10-3-2-9(13)4-8(10)5-15(6-11(14)16)7-12(17)18/h2-4H,5-7H2,1H3,(H2,14,16)(H,17,18). The number of hydrogen-bond donors (Lipinski definition) is 2. The molecule has 0 unspecified atom stereocenters. The number of methoxy groups -OCH3 is 1. The molecule has 0 saturated carbocycles. The van der Waals surface area contributed by atoms with E-state index in [1.807, 2.05) is 0 Å². The highest BCUT2D eigenvalue weighted by molar-refractivity contribution is 6.30. The second kappa shape index (κ2) is 6.96. The number of primary amides is 1. The minimum Gasteiger partial charge on any atom is -0.496 e. The highest BCUT2D eigenvalue weighted by Crippen LogP contribution is 2.23. The van der Waals surface area contributed by atoms with Gasteiger partial charge in [0.25, 0.3) is 0 Å². The molecule has 3 N–H and O–H groups in total. The highest BCUT2D eigenvalue weighted by Gasteiger charge is 2.15. The summed E-state index contributed by atoms with van der Waals surface area (Å²) < 4.78 is 5.16. The Hall–Kier alpha value is -1.79. The molecule has 1 rings (SSSR count). The van der Waals surface area contributed by atoms with Crippen LogP contribution in [0.2, 0.25) is 5.02 Å². The number of carbonyl (C=O) groups excluding carboxylic acids is 1. The van der Waals surface area contributed by atoms with Crippen LogP contribution in [0.4, 0.5) is 0 Å². The first-order valence-electron chi connectivity index (χ1n) is 5.47. The van der Waals surface area contributed by atoms with E-state index in [1.165, 1.54) is 12.0 Å². The molecule has 0 aliphatic carbocycles. The zero-order valence-corrected chi connectivity index (χ0v) is 11.2. The van der Waals surface area contributed by atoms with E-state index in [1.54, 1.807) is 18.2 Å². The van der Waals surface area contributed by atoms with Crippen LogP contribution in [0.1, 0.15) is 5.56 Å². The predicted octanol–water partition coefficient (Wildman–Crippen LogP) is 0.720. The Labute approximate surface area is 115 Å². The van der Waals surface area contributed by atoms with Crippen LogP contribution in [0.3, 0.4) is 0 Å². The van der Waals surface area contributed by atoms with Crippen molar-refractivity contribution in [2.45, 2.75) is 6.54 Å². The van der Waals surface area contributed by atoms with Gasteiger partial charge in [-0.05, 0) is 18.2 Å². The quantitative estimate of drug-likeness (QED) is 0.770. The van der Waals surface area contributed by atoms with Crippen molar-refractivity contribution in [2.75, 3.05) is 20.2 Å². The number of carboxylic acids is 1. The van der Waals surface area contributed by atoms with Gasteiger partial charge in [-0.1, -0.05) is 11.6 Å². The lowest BCUT2D eigenvalue weighted by molar-refractivity contribution is -0.138. The van der Waals surface area contributed by atoms with Crippen molar-refractivity contribution in [3.8, 4) is 5.75 Å². The number of amides is 1. The minimum absolute atomic E-state index is 0.151. The summed E-state index contributed by atoms with van der Waals surface area (Å²) in [5, 5.41) is 9.31. The van der Waals surface area contributed by atoms with Gasteiger partial charge >= 0.3 is 5.97 Å². The number of aliphatic carboxylic acids is 1. The van der Waals surface area contributed by atoms with E-state index in [9.17, 15) is 9.59 Å². The molecule has 1 aromatic rings. The zero-order chi connectivity index (χ0) is 14.4. The molecule has 0 aromatic heterocycles. The topological polar surface area (TPSA) is 92.9 Å². The van der Waals surface area contributed by atoms with Gasteiger partial charge in [0.1, 0.15) is 5.75 Å². The molecule has 0 bridgehead atoms. The van der Waals surface area contributed by atoms with Crippen LogP contribution >= 0.6 is 11.6 Å². The first-order valence-corrected chi connectivity index (χ1v) is 5.85. The van der Waals surface area contributed by atoms with Crippen LogP contribution in [0.5, 0.6) is 5.75 Å². The van der Waals surface area contributed by atoms with Crippen molar-refractivity contribution in [1.82, 2.24) is 4.90 Å². The number of nitrogens with two attached hydrogens (primary N) is 1. The lowest BCUT2D eigenvalue weighted by Crippen LogP contribution is -2.36. The number of halogens is 1. The predicted molar refractivity (Wildman–Crippen MR) is 70.1 cm³/mol. The highest BCUT2D eigenvalue weighted by atomic mass is 35.5. The Bertz CT molecular complexity index is 463. The van der Waals surface area contributed by atoms with E-state index in [4.69, 9.17) is 27.2 Å². The minimum atomic E-state index is -1.04. The Balaban J connectivity index is 2.90. The number of nitrogens with zero attached hydrogens (tertiary/aromatic N) is 1. The maximum atomic E-state index is 10.9. The van der Waals surface area contributed by atoms with E-state index >= 15 is 0 Å². The molecule has 1 amide bonds. The van der Waals surface area contributed by atoms with Gasteiger partial charge in [0.15, 0.2) is 0 Å². The summed E-state index contributed by atoms with van der Waals surface area (Å²) in [5.74, 6) is -1.06. The third-order valence-corrected chi connectivity index (χ3v) is 2.61. The Kier molecular flexibility index (Phi) is 5.59. The van der Waals surface area contributed by atoms with Gasteiger partial charge in [-0.15, -0.1) is 0 Å². The molecule has 19 heavy (non-hydrogen) atoms. The van der Waals surface area contributed by atoms with Crippen LogP contribution in [0.25, 0.3) is 0 Å². The fourth-order valence-electron chi connectivity index (χ4n) is 1.69. The molecule has 6 nitrogen and oxygen atoms in total. The summed E-state index contributed by atoms with van der Waals surface area (Å²) in [7, 11) is 1.50. The monoisotopic (exact) mass is 286 g/mol. The van der Waals surface area contributed by atoms with Crippen LogP contribution in [-0.4, -0.2) is 42.1 Å². The van der Waals surface area contributed by atoms with Crippen molar-refractivity contribution >= 4 is 23.5 Å². The SMILES string of the molecule is COc1ccc(Cl)cc1CN(CC(N)=O)CC(=O)O. The second-order valence-corrected chi connectivity index (χ2v) is 4.40. The fourth-order valence-corrected chi connectivity index (χ4v) is 1.89. The molecular formula is C12H15ClN2O4. The third-order valence-electron chi connectivity index (χ3n) is 2.37. The van der Waals surface area contributed by atoms with Gasteiger partial charge < -0.3 is 15.6 Å². The van der Waals surface area contributed by atoms with E-state index in [0.29, 0.717) is 16.3 Å². The lowest BCUT2D eigenvalue weighted by Gasteiger charge is -2.20. The molecule has 0 fully saturated rings. The lowest BCUT2D eigenvalue weighted by atomic mass is 10.2. The summed E-state index contributed by atoms with van der Waals surface area (Å²) in [6, 6.07) is 5.01. The summed E-state index contributed by atoms with van der Waals surface area (Å²) in [5.41, 5.74) is 5.78. The van der Waals surface area contributed by atoms with Crippen LogP contribution in [-0.2, 0) is 16.1 Å². The van der Waals surface area contributed by atoms with Crippen molar-refractivity contribution < 1.29 is 19.4 Å². The molecule has 0 aliphatic heterocycles. The van der Waals surface area contributed by atoms with Gasteiger partial charge in [-0.25, -0.2) is 0 Å². The van der Waals surface area contributed by atoms with Crippen LogP contribution < -0.4 is 10.5 Å². The van der Waals surface area contributed by atoms with Gasteiger partial charge in [0.2, 0.25) is 5.91 Å². The van der Waals surface area contributed by atoms with Gasteiger partial charge in [0, 0.05) is 17.1 Å². The van der Waals surface area contributed by atoms with Crippen molar-refractivity contribution in [1.29, 1.82) is 0 Å². The molecule has 0 heterocycles. The first kappa shape index (κ1) is 15.3. The number of ether oxygens (including phenoxy) is 1. The number of rotatable bonds is 7. The van der Waals surface area contributed by atoms with Crippen molar-refractivity contribution in [2.24, 2.45) is 5.73 Å². The molecule has 0 radical (unpaired) electrons. The summed E-state index contributed by atoms with van der Waals surface area (Å²) in [6.07, 6.45) is 0. The Morgan fingerprint density at radius 1 is 1.42 bits per heavy atom. The zero-order valence-electron chi connectivity index (χ0n) is 10.4. The molecule has 0 aliphatic rings. The average molecular weight is 287 g/mol. The first-order chi connectivity index (χ1) is 8.92. The van der Waals surface area contributed by atoms with E-state index in [0.717, 1.165) is 0 Å².